The van der Waals surface area contributed by atoms with Gasteiger partial charge in [0.1, 0.15) is 5.56 Å². The summed E-state index contributed by atoms with van der Waals surface area (Å²) in [5.41, 5.74) is 1.03. The minimum atomic E-state index is -0.356. The molecule has 1 N–H and O–H groups in total. The van der Waals surface area contributed by atoms with Gasteiger partial charge in [0.05, 0.1) is 0 Å². The number of nitrogens with zero attached hydrogens (tertiary/aromatic N) is 2. The second kappa shape index (κ2) is 5.31. The fourth-order valence-corrected chi connectivity index (χ4v) is 3.51. The standard InChI is InChI=1S/C17H15N3O2S/c21-14(13-10-18-16-20(15(13)22)8-9-23-16)19-11-17(6-7-17)12-4-2-1-3-5-12/h1-5,8-10H,6-7,11H2,(H,19,21). The average molecular weight is 325 g/mol. The van der Waals surface area contributed by atoms with Crippen LogP contribution in [-0.4, -0.2) is 21.8 Å². The molecule has 5 nitrogen and oxygen atoms in total. The SMILES string of the molecule is O=C(NCC1(c2ccccc2)CC1)c1cnc2sccn2c1=O. The normalized spacial score (nSPS) is 15.5. The number of nitrogens with one attached hydrogen (secondary N) is 1. The smallest absolute Gasteiger partial charge is 0.271 e. The van der Waals surface area contributed by atoms with E-state index in [1.807, 2.05) is 18.2 Å². The Kier molecular flexibility index (Phi) is 3.27. The lowest BCUT2D eigenvalue weighted by Gasteiger charge is -2.16. The summed E-state index contributed by atoms with van der Waals surface area (Å²) < 4.78 is 1.41. The Balaban J connectivity index is 1.54. The number of aromatic nitrogens is 2. The molecule has 0 unspecified atom stereocenters. The number of hydrogen-bond donors (Lipinski definition) is 1. The Bertz CT molecular complexity index is 926. The van der Waals surface area contributed by atoms with E-state index in [2.05, 4.69) is 22.4 Å². The monoisotopic (exact) mass is 325 g/mol. The molecule has 23 heavy (non-hydrogen) atoms. The molecule has 4 rings (SSSR count). The molecular weight excluding hydrogens is 310 g/mol. The summed E-state index contributed by atoms with van der Waals surface area (Å²) in [5, 5.41) is 4.69. The van der Waals surface area contributed by atoms with Gasteiger partial charge in [0.25, 0.3) is 11.5 Å². The minimum absolute atomic E-state index is 0.0209. The van der Waals surface area contributed by atoms with Crippen molar-refractivity contribution in [3.05, 3.63) is 69.6 Å². The number of fused-ring (bicyclic) bond motifs is 1. The third-order valence-electron chi connectivity index (χ3n) is 4.41. The van der Waals surface area contributed by atoms with Crippen LogP contribution in [0.25, 0.3) is 4.96 Å². The van der Waals surface area contributed by atoms with E-state index in [1.165, 1.54) is 27.5 Å². The van der Waals surface area contributed by atoms with E-state index in [4.69, 9.17) is 0 Å². The van der Waals surface area contributed by atoms with Crippen LogP contribution < -0.4 is 10.9 Å². The highest BCUT2D eigenvalue weighted by Crippen LogP contribution is 2.47. The molecule has 1 aliphatic carbocycles. The predicted molar refractivity (Wildman–Crippen MR) is 89.0 cm³/mol. The zero-order valence-corrected chi connectivity index (χ0v) is 13.2. The van der Waals surface area contributed by atoms with Crippen LogP contribution in [0, 0.1) is 0 Å². The fraction of sp³-hybridized carbons (Fsp3) is 0.235. The summed E-state index contributed by atoms with van der Waals surface area (Å²) in [6.07, 6.45) is 5.11. The summed E-state index contributed by atoms with van der Waals surface area (Å²) in [7, 11) is 0. The van der Waals surface area contributed by atoms with Gasteiger partial charge in [-0.05, 0) is 18.4 Å². The second-order valence-corrected chi connectivity index (χ2v) is 6.73. The maximum absolute atomic E-state index is 12.4. The zero-order chi connectivity index (χ0) is 15.9. The zero-order valence-electron chi connectivity index (χ0n) is 12.4. The van der Waals surface area contributed by atoms with Crippen molar-refractivity contribution in [2.24, 2.45) is 0 Å². The molecule has 1 aliphatic rings. The maximum atomic E-state index is 12.4. The highest BCUT2D eigenvalue weighted by Gasteiger charge is 2.44. The number of thiazole rings is 1. The average Bonchev–Trinajstić information content (AvgIpc) is 3.22. The van der Waals surface area contributed by atoms with Gasteiger partial charge in [-0.3, -0.25) is 14.0 Å². The number of carbonyl (C=O) groups excluding carboxylic acids is 1. The van der Waals surface area contributed by atoms with Crippen LogP contribution in [0.4, 0.5) is 0 Å². The minimum Gasteiger partial charge on any atom is -0.351 e. The molecule has 2 heterocycles. The molecule has 1 aromatic carbocycles. The molecule has 0 saturated heterocycles. The van der Waals surface area contributed by atoms with Crippen molar-refractivity contribution >= 4 is 22.2 Å². The van der Waals surface area contributed by atoms with Gasteiger partial charge in [0.2, 0.25) is 0 Å². The quantitative estimate of drug-likeness (QED) is 0.800. The van der Waals surface area contributed by atoms with E-state index in [1.54, 1.807) is 11.6 Å². The third-order valence-corrected chi connectivity index (χ3v) is 5.19. The van der Waals surface area contributed by atoms with E-state index in [9.17, 15) is 9.59 Å². The van der Waals surface area contributed by atoms with Crippen molar-refractivity contribution in [3.63, 3.8) is 0 Å². The molecule has 3 aromatic rings. The molecule has 116 valence electrons. The lowest BCUT2D eigenvalue weighted by Crippen LogP contribution is -2.36. The maximum Gasteiger partial charge on any atom is 0.271 e. The molecule has 1 fully saturated rings. The number of hydrogen-bond acceptors (Lipinski definition) is 4. The summed E-state index contributed by atoms with van der Waals surface area (Å²) in [4.78, 5) is 29.4. The Morgan fingerprint density at radius 1 is 1.30 bits per heavy atom. The lowest BCUT2D eigenvalue weighted by molar-refractivity contribution is 0.0947. The van der Waals surface area contributed by atoms with Crippen molar-refractivity contribution in [2.75, 3.05) is 6.54 Å². The molecule has 0 spiro atoms. The first-order valence-corrected chi connectivity index (χ1v) is 8.36. The fourth-order valence-electron chi connectivity index (χ4n) is 2.84. The van der Waals surface area contributed by atoms with Gasteiger partial charge in [-0.25, -0.2) is 4.98 Å². The largest absolute Gasteiger partial charge is 0.351 e. The van der Waals surface area contributed by atoms with Crippen molar-refractivity contribution in [2.45, 2.75) is 18.3 Å². The summed E-state index contributed by atoms with van der Waals surface area (Å²) >= 11 is 1.37. The van der Waals surface area contributed by atoms with Crippen molar-refractivity contribution in [1.82, 2.24) is 14.7 Å². The number of benzene rings is 1. The van der Waals surface area contributed by atoms with Crippen molar-refractivity contribution < 1.29 is 4.79 Å². The first kappa shape index (κ1) is 14.1. The molecule has 0 radical (unpaired) electrons. The number of rotatable bonds is 4. The topological polar surface area (TPSA) is 63.5 Å². The van der Waals surface area contributed by atoms with Gasteiger partial charge in [0.15, 0.2) is 4.96 Å². The van der Waals surface area contributed by atoms with Crippen LogP contribution in [0.3, 0.4) is 0 Å². The Labute approximate surface area is 136 Å². The van der Waals surface area contributed by atoms with Gasteiger partial charge in [0, 0.05) is 29.7 Å². The van der Waals surface area contributed by atoms with Gasteiger partial charge < -0.3 is 5.32 Å². The lowest BCUT2D eigenvalue weighted by atomic mass is 9.96. The highest BCUT2D eigenvalue weighted by molar-refractivity contribution is 7.15. The predicted octanol–water partition coefficient (Wildman–Crippen LogP) is 2.22. The first-order chi connectivity index (χ1) is 11.2. The van der Waals surface area contributed by atoms with E-state index in [-0.39, 0.29) is 22.4 Å². The molecular formula is C17H15N3O2S. The van der Waals surface area contributed by atoms with Crippen molar-refractivity contribution in [3.8, 4) is 0 Å². The second-order valence-electron chi connectivity index (χ2n) is 5.86. The number of carbonyl (C=O) groups is 1. The Morgan fingerprint density at radius 2 is 2.09 bits per heavy atom. The molecule has 2 aromatic heterocycles. The summed E-state index contributed by atoms with van der Waals surface area (Å²) in [6.45, 7) is 0.543. The molecule has 0 aliphatic heterocycles. The van der Waals surface area contributed by atoms with E-state index < -0.39 is 0 Å². The molecule has 1 amide bonds. The third kappa shape index (κ3) is 2.45. The van der Waals surface area contributed by atoms with Gasteiger partial charge >= 0.3 is 0 Å². The van der Waals surface area contributed by atoms with Gasteiger partial charge in [-0.2, -0.15) is 0 Å². The molecule has 1 saturated carbocycles. The van der Waals surface area contributed by atoms with Crippen LogP contribution >= 0.6 is 11.3 Å². The van der Waals surface area contributed by atoms with Crippen LogP contribution in [-0.2, 0) is 5.41 Å². The summed E-state index contributed by atoms with van der Waals surface area (Å²) in [6, 6.07) is 10.2. The summed E-state index contributed by atoms with van der Waals surface area (Å²) in [5.74, 6) is -0.356. The number of amides is 1. The van der Waals surface area contributed by atoms with Crippen LogP contribution in [0.15, 0.2) is 52.9 Å². The Morgan fingerprint density at radius 3 is 2.83 bits per heavy atom. The first-order valence-electron chi connectivity index (χ1n) is 7.48. The molecule has 0 atom stereocenters. The van der Waals surface area contributed by atoms with Crippen LogP contribution in [0.5, 0.6) is 0 Å². The Hall–Kier alpha value is -2.47. The van der Waals surface area contributed by atoms with Gasteiger partial charge in [-0.1, -0.05) is 30.3 Å². The van der Waals surface area contributed by atoms with E-state index in [0.717, 1.165) is 12.8 Å². The van der Waals surface area contributed by atoms with Crippen molar-refractivity contribution in [1.29, 1.82) is 0 Å². The molecule has 0 bridgehead atoms. The van der Waals surface area contributed by atoms with Gasteiger partial charge in [-0.15, -0.1) is 11.3 Å². The van der Waals surface area contributed by atoms with Crippen LogP contribution in [0.2, 0.25) is 0 Å². The van der Waals surface area contributed by atoms with E-state index >= 15 is 0 Å². The highest BCUT2D eigenvalue weighted by atomic mass is 32.1. The van der Waals surface area contributed by atoms with E-state index in [0.29, 0.717) is 11.5 Å². The molecule has 6 heteroatoms. The van der Waals surface area contributed by atoms with Crippen LogP contribution in [0.1, 0.15) is 28.8 Å².